The molecule has 2 aromatic carbocycles. The van der Waals surface area contributed by atoms with Crippen LogP contribution in [0.1, 0.15) is 36.0 Å². The summed E-state index contributed by atoms with van der Waals surface area (Å²) in [5.74, 6) is -0.377. The molecular weight excluding hydrogens is 542 g/mol. The van der Waals surface area contributed by atoms with Gasteiger partial charge in [-0.25, -0.2) is 8.42 Å². The molecule has 2 aromatic rings. The molecule has 9 heteroatoms. The van der Waals surface area contributed by atoms with Crippen molar-refractivity contribution in [1.29, 1.82) is 0 Å². The summed E-state index contributed by atoms with van der Waals surface area (Å²) < 4.78 is 27.6. The van der Waals surface area contributed by atoms with Crippen LogP contribution in [0, 0.1) is 19.8 Å². The molecule has 2 fully saturated rings. The van der Waals surface area contributed by atoms with Crippen LogP contribution >= 0.6 is 15.9 Å². The summed E-state index contributed by atoms with van der Waals surface area (Å²) >= 11 is 3.44. The van der Waals surface area contributed by atoms with Gasteiger partial charge in [-0.1, -0.05) is 28.1 Å². The number of sulfone groups is 1. The third-order valence-corrected chi connectivity index (χ3v) is 9.62. The third-order valence-electron chi connectivity index (χ3n) is 7.44. The number of hydrogen-bond acceptors (Lipinski definition) is 5. The number of benzene rings is 2. The fraction of sp³-hybridized carbons (Fsp3) is 0.481. The largest absolute Gasteiger partial charge is 0.368 e. The van der Waals surface area contributed by atoms with E-state index in [-0.39, 0.29) is 34.8 Å². The van der Waals surface area contributed by atoms with Gasteiger partial charge in [0.1, 0.15) is 0 Å². The Morgan fingerprint density at radius 2 is 1.72 bits per heavy atom. The van der Waals surface area contributed by atoms with Crippen LogP contribution in [0.5, 0.6) is 0 Å². The fourth-order valence-electron chi connectivity index (χ4n) is 5.22. The molecule has 36 heavy (non-hydrogen) atoms. The molecule has 1 aliphatic carbocycles. The molecule has 1 saturated carbocycles. The number of nitrogens with zero attached hydrogens (tertiary/aromatic N) is 3. The van der Waals surface area contributed by atoms with Gasteiger partial charge in [-0.05, 0) is 68.0 Å². The maximum Gasteiger partial charge on any atom is 0.230 e. The number of amides is 2. The topological polar surface area (TPSA) is 78.0 Å². The first-order valence-electron chi connectivity index (χ1n) is 12.6. The fourth-order valence-corrected chi connectivity index (χ4v) is 7.39. The van der Waals surface area contributed by atoms with Gasteiger partial charge >= 0.3 is 0 Å². The number of anilines is 2. The molecule has 0 bridgehead atoms. The summed E-state index contributed by atoms with van der Waals surface area (Å²) in [4.78, 5) is 31.7. The Morgan fingerprint density at radius 3 is 2.42 bits per heavy atom. The van der Waals surface area contributed by atoms with E-state index in [9.17, 15) is 18.0 Å². The first-order chi connectivity index (χ1) is 17.1. The number of piperazine rings is 1. The summed E-state index contributed by atoms with van der Waals surface area (Å²) in [7, 11) is -3.76. The van der Waals surface area contributed by atoms with Crippen LogP contribution in [0.3, 0.4) is 0 Å². The van der Waals surface area contributed by atoms with Gasteiger partial charge in [0.05, 0.1) is 16.3 Å². The van der Waals surface area contributed by atoms with E-state index in [1.165, 1.54) is 16.8 Å². The zero-order chi connectivity index (χ0) is 25.6. The van der Waals surface area contributed by atoms with E-state index in [1.54, 1.807) is 15.9 Å². The number of rotatable bonds is 6. The molecule has 0 spiro atoms. The van der Waals surface area contributed by atoms with Crippen LogP contribution in [0.4, 0.5) is 11.4 Å². The molecule has 2 heterocycles. The van der Waals surface area contributed by atoms with Crippen molar-refractivity contribution < 1.29 is 18.0 Å². The summed E-state index contributed by atoms with van der Waals surface area (Å²) in [6, 6.07) is 9.87. The molecule has 0 unspecified atom stereocenters. The summed E-state index contributed by atoms with van der Waals surface area (Å²) in [6.07, 6.45) is 2.31. The van der Waals surface area contributed by atoms with E-state index < -0.39 is 9.84 Å². The number of carbonyl (C=O) groups is 2. The molecule has 2 aliphatic heterocycles. The predicted octanol–water partition coefficient (Wildman–Crippen LogP) is 3.88. The van der Waals surface area contributed by atoms with Crippen molar-refractivity contribution >= 4 is 49.0 Å². The van der Waals surface area contributed by atoms with Gasteiger partial charge in [0.2, 0.25) is 11.8 Å². The Balaban J connectivity index is 1.25. The van der Waals surface area contributed by atoms with Crippen LogP contribution in [-0.2, 0) is 25.8 Å². The highest BCUT2D eigenvalue weighted by atomic mass is 79.9. The molecule has 0 atom stereocenters. The third kappa shape index (κ3) is 5.05. The second-order valence-corrected chi connectivity index (χ2v) is 13.1. The Kier molecular flexibility index (Phi) is 6.89. The van der Waals surface area contributed by atoms with Gasteiger partial charge in [-0.3, -0.25) is 9.59 Å². The van der Waals surface area contributed by atoms with E-state index in [1.807, 2.05) is 6.07 Å². The Hall–Kier alpha value is -2.39. The first kappa shape index (κ1) is 25.3. The Bertz CT molecular complexity index is 1310. The highest BCUT2D eigenvalue weighted by molar-refractivity contribution is 9.10. The SMILES string of the molecule is Cc1ccc(C)c(N2CCN(C(=O)CCS(=O)(=O)c3cc(Br)cc4c3N(C(=O)C3CC3)CC4)CC2)c1. The normalized spacial score (nSPS) is 17.9. The molecule has 192 valence electrons. The number of carbonyl (C=O) groups excluding carboxylic acids is 2. The average Bonchev–Trinajstić information content (AvgIpc) is 3.63. The highest BCUT2D eigenvalue weighted by Crippen LogP contribution is 2.41. The summed E-state index contributed by atoms with van der Waals surface area (Å²) in [5, 5.41) is 0. The van der Waals surface area contributed by atoms with Crippen LogP contribution < -0.4 is 9.80 Å². The molecule has 0 N–H and O–H groups in total. The first-order valence-corrected chi connectivity index (χ1v) is 15.0. The zero-order valence-corrected chi connectivity index (χ0v) is 23.2. The minimum atomic E-state index is -3.76. The van der Waals surface area contributed by atoms with Gasteiger partial charge < -0.3 is 14.7 Å². The standard InChI is InChI=1S/C27H32BrN3O4S/c1-18-3-4-19(2)23(15-18)29-10-12-30(13-11-29)25(32)8-14-36(34,35)24-17-22(28)16-21-7-9-31(26(21)24)27(33)20-5-6-20/h3-4,15-17,20H,5-14H2,1-2H3. The maximum atomic E-state index is 13.5. The molecule has 7 nitrogen and oxygen atoms in total. The monoisotopic (exact) mass is 573 g/mol. The van der Waals surface area contributed by atoms with Crippen molar-refractivity contribution in [2.24, 2.45) is 5.92 Å². The lowest BCUT2D eigenvalue weighted by Crippen LogP contribution is -2.49. The second kappa shape index (κ2) is 9.82. The average molecular weight is 575 g/mol. The van der Waals surface area contributed by atoms with Gasteiger partial charge in [0, 0.05) is 55.2 Å². The van der Waals surface area contributed by atoms with Gasteiger partial charge in [-0.2, -0.15) is 0 Å². The van der Waals surface area contributed by atoms with Crippen molar-refractivity contribution in [2.75, 3.05) is 48.3 Å². The summed E-state index contributed by atoms with van der Waals surface area (Å²) in [6.45, 7) is 7.26. The van der Waals surface area contributed by atoms with Crippen LogP contribution in [-0.4, -0.2) is 63.6 Å². The minimum Gasteiger partial charge on any atom is -0.368 e. The zero-order valence-electron chi connectivity index (χ0n) is 20.8. The van der Waals surface area contributed by atoms with Gasteiger partial charge in [0.25, 0.3) is 0 Å². The molecular formula is C27H32BrN3O4S. The summed E-state index contributed by atoms with van der Waals surface area (Å²) in [5.41, 5.74) is 4.99. The molecule has 0 radical (unpaired) electrons. The second-order valence-electron chi connectivity index (χ2n) is 10.2. The number of hydrogen-bond donors (Lipinski definition) is 0. The quantitative estimate of drug-likeness (QED) is 0.524. The van der Waals surface area contributed by atoms with E-state index in [2.05, 4.69) is 52.9 Å². The van der Waals surface area contributed by atoms with E-state index in [0.29, 0.717) is 36.2 Å². The highest BCUT2D eigenvalue weighted by Gasteiger charge is 2.39. The molecule has 3 aliphatic rings. The molecule has 2 amide bonds. The van der Waals surface area contributed by atoms with E-state index in [4.69, 9.17) is 0 Å². The van der Waals surface area contributed by atoms with Crippen molar-refractivity contribution in [3.8, 4) is 0 Å². The predicted molar refractivity (Wildman–Crippen MR) is 144 cm³/mol. The van der Waals surface area contributed by atoms with Gasteiger partial charge in [0.15, 0.2) is 9.84 Å². The maximum absolute atomic E-state index is 13.5. The van der Waals surface area contributed by atoms with E-state index >= 15 is 0 Å². The molecule has 1 saturated heterocycles. The van der Waals surface area contributed by atoms with Crippen molar-refractivity contribution in [1.82, 2.24) is 4.90 Å². The van der Waals surface area contributed by atoms with Crippen LogP contribution in [0.2, 0.25) is 0 Å². The van der Waals surface area contributed by atoms with Crippen molar-refractivity contribution in [2.45, 2.75) is 44.4 Å². The number of aryl methyl sites for hydroxylation is 2. The van der Waals surface area contributed by atoms with Crippen molar-refractivity contribution in [3.05, 3.63) is 51.5 Å². The minimum absolute atomic E-state index is 0.0129. The van der Waals surface area contributed by atoms with Crippen LogP contribution in [0.25, 0.3) is 0 Å². The number of fused-ring (bicyclic) bond motifs is 1. The lowest BCUT2D eigenvalue weighted by molar-refractivity contribution is -0.131. The number of halogens is 1. The molecule has 0 aromatic heterocycles. The Morgan fingerprint density at radius 1 is 1.00 bits per heavy atom. The lowest BCUT2D eigenvalue weighted by Gasteiger charge is -2.37. The smallest absolute Gasteiger partial charge is 0.230 e. The van der Waals surface area contributed by atoms with Gasteiger partial charge in [-0.15, -0.1) is 0 Å². The Labute approximate surface area is 221 Å². The van der Waals surface area contributed by atoms with E-state index in [0.717, 1.165) is 31.5 Å². The van der Waals surface area contributed by atoms with Crippen molar-refractivity contribution in [3.63, 3.8) is 0 Å². The van der Waals surface area contributed by atoms with Crippen LogP contribution in [0.15, 0.2) is 39.7 Å². The molecule has 5 rings (SSSR count). The lowest BCUT2D eigenvalue weighted by atomic mass is 10.1.